The molecule has 0 spiro atoms. The van der Waals surface area contributed by atoms with Crippen LogP contribution in [-0.4, -0.2) is 41.6 Å². The molecule has 4 N–H and O–H groups in total. The topological polar surface area (TPSA) is 119 Å². The number of hydrogen-bond acceptors (Lipinski definition) is 5. The highest BCUT2D eigenvalue weighted by molar-refractivity contribution is 5.83. The van der Waals surface area contributed by atoms with E-state index in [-0.39, 0.29) is 18.0 Å². The van der Waals surface area contributed by atoms with E-state index in [0.717, 1.165) is 109 Å². The van der Waals surface area contributed by atoms with E-state index in [4.69, 9.17) is 10.5 Å². The van der Waals surface area contributed by atoms with Crippen molar-refractivity contribution < 1.29 is 24.2 Å². The van der Waals surface area contributed by atoms with Crippen LogP contribution in [-0.2, 0) is 19.1 Å². The fraction of sp³-hybridized carbons (Fsp3) is 0.766. The van der Waals surface area contributed by atoms with Crippen molar-refractivity contribution in [3.05, 3.63) is 48.6 Å². The van der Waals surface area contributed by atoms with Crippen molar-refractivity contribution in [1.29, 1.82) is 0 Å². The summed E-state index contributed by atoms with van der Waals surface area (Å²) in [6.45, 7) is 4.83. The summed E-state index contributed by atoms with van der Waals surface area (Å²) in [6.07, 6.45) is 50.1. The molecule has 312 valence electrons. The Bertz CT molecular complexity index is 989. The van der Waals surface area contributed by atoms with E-state index in [0.29, 0.717) is 32.2 Å². The van der Waals surface area contributed by atoms with Crippen LogP contribution in [0.2, 0.25) is 0 Å². The van der Waals surface area contributed by atoms with Crippen LogP contribution in [0.3, 0.4) is 0 Å². The molecular weight excluding hydrogens is 673 g/mol. The third-order valence-electron chi connectivity index (χ3n) is 9.91. The number of hydrogen-bond donors (Lipinski definition) is 3. The Kier molecular flexibility index (Phi) is 39.4. The second kappa shape index (κ2) is 41.5. The fourth-order valence-corrected chi connectivity index (χ4v) is 6.56. The number of allylic oxidation sites excluding steroid dienone is 8. The molecule has 1 amide bonds. The van der Waals surface area contributed by atoms with Gasteiger partial charge in [-0.2, -0.15) is 0 Å². The highest BCUT2D eigenvalue weighted by Gasteiger charge is 2.19. The maximum absolute atomic E-state index is 12.8. The van der Waals surface area contributed by atoms with Crippen LogP contribution in [0.5, 0.6) is 0 Å². The first kappa shape index (κ1) is 51.3. The number of carbonyl (C=O) groups excluding carboxylic acids is 2. The lowest BCUT2D eigenvalue weighted by Crippen LogP contribution is -2.40. The predicted octanol–water partition coefficient (Wildman–Crippen LogP) is 12.8. The average Bonchev–Trinajstić information content (AvgIpc) is 3.16. The summed E-state index contributed by atoms with van der Waals surface area (Å²) in [5, 5.41) is 11.9. The Morgan fingerprint density at radius 2 is 1.02 bits per heavy atom. The summed E-state index contributed by atoms with van der Waals surface area (Å²) in [5.74, 6) is -1.25. The Morgan fingerprint density at radius 1 is 0.556 bits per heavy atom. The summed E-state index contributed by atoms with van der Waals surface area (Å²) in [6, 6.07) is -0.859. The molecule has 0 rings (SSSR count). The van der Waals surface area contributed by atoms with Crippen molar-refractivity contribution in [2.45, 2.75) is 225 Å². The summed E-state index contributed by atoms with van der Waals surface area (Å²) in [4.78, 5) is 36.4. The SMILES string of the molecule is CC/C=C\C/C=C\C/C=C\C/C=C\CCCCCCC(=O)OC(CCCCCCCCCCCCC)CCCCCCCC(=O)NC(CCCN)C(=O)O. The first-order valence-electron chi connectivity index (χ1n) is 22.5. The third-order valence-corrected chi connectivity index (χ3v) is 9.91. The van der Waals surface area contributed by atoms with Crippen LogP contribution in [0.4, 0.5) is 0 Å². The van der Waals surface area contributed by atoms with Gasteiger partial charge in [-0.05, 0) is 96.4 Å². The van der Waals surface area contributed by atoms with Gasteiger partial charge < -0.3 is 20.9 Å². The number of carboxylic acid groups (broad SMARTS) is 1. The van der Waals surface area contributed by atoms with Gasteiger partial charge in [0.05, 0.1) is 0 Å². The standard InChI is InChI=1S/C47H84N2O5/c1-3-5-7-9-11-13-15-16-17-18-19-20-22-24-26-31-35-41-46(51)54-43(37-32-28-25-23-21-14-12-10-8-6-4-2)38-33-29-27-30-34-40-45(50)49-44(47(52)53)39-36-42-48/h5,7,11,13,16-17,19-20,43-44H,3-4,6,8-10,12,14-15,18,21-42,48H2,1-2H3,(H,49,50)(H,52,53)/b7-5-,13-11-,17-16-,20-19-. The van der Waals surface area contributed by atoms with Gasteiger partial charge in [0.15, 0.2) is 0 Å². The number of carbonyl (C=O) groups is 3. The second-order valence-corrected chi connectivity index (χ2v) is 15.1. The summed E-state index contributed by atoms with van der Waals surface area (Å²) in [5.41, 5.74) is 5.49. The molecule has 0 fully saturated rings. The van der Waals surface area contributed by atoms with Crippen LogP contribution in [0.15, 0.2) is 48.6 Å². The highest BCUT2D eigenvalue weighted by atomic mass is 16.5. The van der Waals surface area contributed by atoms with E-state index in [1.54, 1.807) is 0 Å². The van der Waals surface area contributed by atoms with Crippen molar-refractivity contribution in [3.63, 3.8) is 0 Å². The maximum atomic E-state index is 12.8. The van der Waals surface area contributed by atoms with Crippen LogP contribution in [0, 0.1) is 0 Å². The molecular formula is C47H84N2O5. The zero-order valence-electron chi connectivity index (χ0n) is 35.1. The zero-order chi connectivity index (χ0) is 39.6. The van der Waals surface area contributed by atoms with Crippen LogP contribution in [0.25, 0.3) is 0 Å². The largest absolute Gasteiger partial charge is 0.480 e. The number of aliphatic carboxylic acids is 1. The van der Waals surface area contributed by atoms with Crippen molar-refractivity contribution in [2.75, 3.05) is 6.54 Å². The minimum atomic E-state index is -1.01. The minimum absolute atomic E-state index is 0.00137. The molecule has 0 aromatic heterocycles. The van der Waals surface area contributed by atoms with Crippen molar-refractivity contribution >= 4 is 17.8 Å². The lowest BCUT2D eigenvalue weighted by molar-refractivity contribution is -0.150. The van der Waals surface area contributed by atoms with Gasteiger partial charge >= 0.3 is 11.9 Å². The van der Waals surface area contributed by atoms with Crippen molar-refractivity contribution in [1.82, 2.24) is 5.32 Å². The maximum Gasteiger partial charge on any atom is 0.326 e. The van der Waals surface area contributed by atoms with Crippen LogP contribution < -0.4 is 11.1 Å². The Morgan fingerprint density at radius 3 is 1.54 bits per heavy atom. The molecule has 7 nitrogen and oxygen atoms in total. The quantitative estimate of drug-likeness (QED) is 0.0325. The van der Waals surface area contributed by atoms with E-state index >= 15 is 0 Å². The van der Waals surface area contributed by atoms with Crippen molar-refractivity contribution in [3.8, 4) is 0 Å². The molecule has 0 aliphatic carbocycles. The summed E-state index contributed by atoms with van der Waals surface area (Å²) < 4.78 is 6.04. The molecule has 0 heterocycles. The number of carboxylic acids is 1. The Hall–Kier alpha value is -2.67. The molecule has 0 aromatic carbocycles. The number of nitrogens with one attached hydrogen (secondary N) is 1. The lowest BCUT2D eigenvalue weighted by Gasteiger charge is -2.18. The van der Waals surface area contributed by atoms with Gasteiger partial charge in [0.25, 0.3) is 0 Å². The molecule has 0 saturated heterocycles. The zero-order valence-corrected chi connectivity index (χ0v) is 35.1. The van der Waals surface area contributed by atoms with Crippen LogP contribution in [0.1, 0.15) is 213 Å². The molecule has 0 aromatic rings. The molecule has 2 atom stereocenters. The van der Waals surface area contributed by atoms with E-state index in [1.807, 2.05) is 0 Å². The molecule has 0 aliphatic rings. The smallest absolute Gasteiger partial charge is 0.326 e. The first-order valence-corrected chi connectivity index (χ1v) is 22.5. The van der Waals surface area contributed by atoms with E-state index in [9.17, 15) is 19.5 Å². The summed E-state index contributed by atoms with van der Waals surface area (Å²) in [7, 11) is 0. The number of nitrogens with two attached hydrogens (primary N) is 1. The van der Waals surface area contributed by atoms with Gasteiger partial charge in [0.2, 0.25) is 5.91 Å². The molecule has 0 aliphatic heterocycles. The molecule has 0 bridgehead atoms. The molecule has 7 heteroatoms. The number of ether oxygens (including phenoxy) is 1. The monoisotopic (exact) mass is 757 g/mol. The molecule has 0 radical (unpaired) electrons. The van der Waals surface area contributed by atoms with Crippen LogP contribution >= 0.6 is 0 Å². The predicted molar refractivity (Wildman–Crippen MR) is 230 cm³/mol. The van der Waals surface area contributed by atoms with Crippen molar-refractivity contribution in [2.24, 2.45) is 5.73 Å². The number of rotatable bonds is 40. The van der Waals surface area contributed by atoms with Gasteiger partial charge in [0.1, 0.15) is 12.1 Å². The first-order chi connectivity index (χ1) is 26.4. The molecule has 2 unspecified atom stereocenters. The number of amides is 1. The summed E-state index contributed by atoms with van der Waals surface area (Å²) >= 11 is 0. The van der Waals surface area contributed by atoms with Gasteiger partial charge in [-0.15, -0.1) is 0 Å². The second-order valence-electron chi connectivity index (χ2n) is 15.1. The average molecular weight is 757 g/mol. The van der Waals surface area contributed by atoms with Gasteiger partial charge in [-0.25, -0.2) is 4.79 Å². The normalized spacial score (nSPS) is 13.1. The van der Waals surface area contributed by atoms with Gasteiger partial charge in [-0.1, -0.05) is 159 Å². The van der Waals surface area contributed by atoms with Gasteiger partial charge in [0, 0.05) is 12.8 Å². The number of esters is 1. The number of unbranched alkanes of at least 4 members (excludes halogenated alkanes) is 18. The Balaban J connectivity index is 4.34. The van der Waals surface area contributed by atoms with E-state index in [2.05, 4.69) is 67.8 Å². The van der Waals surface area contributed by atoms with E-state index in [1.165, 1.54) is 64.2 Å². The highest BCUT2D eigenvalue weighted by Crippen LogP contribution is 2.19. The molecule has 0 saturated carbocycles. The van der Waals surface area contributed by atoms with Gasteiger partial charge in [-0.3, -0.25) is 9.59 Å². The lowest BCUT2D eigenvalue weighted by atomic mass is 10.0. The fourth-order valence-electron chi connectivity index (χ4n) is 6.56. The van der Waals surface area contributed by atoms with E-state index < -0.39 is 12.0 Å². The third kappa shape index (κ3) is 37.6. The minimum Gasteiger partial charge on any atom is -0.480 e. The Labute approximate surface area is 332 Å². The molecule has 54 heavy (non-hydrogen) atoms.